The Morgan fingerprint density at radius 3 is 2.33 bits per heavy atom. The van der Waals surface area contributed by atoms with E-state index in [1.54, 1.807) is 42.5 Å². The Hall–Kier alpha value is -3.79. The number of nitrogens with zero attached hydrogens (tertiary/aromatic N) is 3. The largest absolute Gasteiger partial charge is 0.457 e. The Morgan fingerprint density at radius 2 is 1.67 bits per heavy atom. The third-order valence-electron chi connectivity index (χ3n) is 5.80. The summed E-state index contributed by atoms with van der Waals surface area (Å²) < 4.78 is 33.6. The molecule has 0 radical (unpaired) electrons. The number of ether oxygens (including phenoxy) is 1. The summed E-state index contributed by atoms with van der Waals surface area (Å²) in [4.78, 5) is 12.6. The number of halogens is 2. The standard InChI is InChI=1S/C28H26Cl2N4O4S/c1-19-15-21(20(2)34(19)27-16-22(29)9-14-26(27)30)17-31-32-28(35)18-33(39(3,36)37)23-10-12-25(13-11-23)38-24-7-5-4-6-8-24/h4-17H,18H2,1-3H3,(H,32,35)/b31-17+. The minimum Gasteiger partial charge on any atom is -0.457 e. The average molecular weight is 586 g/mol. The second-order valence-electron chi connectivity index (χ2n) is 8.73. The molecule has 4 rings (SSSR count). The summed E-state index contributed by atoms with van der Waals surface area (Å²) in [6.07, 6.45) is 2.53. The molecule has 0 atom stereocenters. The number of nitrogens with one attached hydrogen (secondary N) is 1. The van der Waals surface area contributed by atoms with Crippen LogP contribution in [0.1, 0.15) is 17.0 Å². The minimum absolute atomic E-state index is 0.319. The molecule has 11 heteroatoms. The van der Waals surface area contributed by atoms with Crippen LogP contribution in [0.3, 0.4) is 0 Å². The molecule has 1 N–H and O–H groups in total. The van der Waals surface area contributed by atoms with Crippen LogP contribution < -0.4 is 14.5 Å². The van der Waals surface area contributed by atoms with Gasteiger partial charge in [0, 0.05) is 22.0 Å². The van der Waals surface area contributed by atoms with E-state index in [0.29, 0.717) is 27.2 Å². The molecule has 0 unspecified atom stereocenters. The van der Waals surface area contributed by atoms with E-state index in [1.165, 1.54) is 6.21 Å². The van der Waals surface area contributed by atoms with Crippen LogP contribution >= 0.6 is 23.2 Å². The summed E-state index contributed by atoms with van der Waals surface area (Å²) in [7, 11) is -3.76. The molecule has 1 amide bonds. The van der Waals surface area contributed by atoms with Gasteiger partial charge in [-0.2, -0.15) is 5.10 Å². The zero-order chi connectivity index (χ0) is 28.2. The van der Waals surface area contributed by atoms with Gasteiger partial charge in [0.1, 0.15) is 18.0 Å². The van der Waals surface area contributed by atoms with Crippen molar-refractivity contribution in [1.29, 1.82) is 0 Å². The Balaban J connectivity index is 1.45. The molecule has 0 aliphatic rings. The zero-order valence-corrected chi connectivity index (χ0v) is 23.8. The van der Waals surface area contributed by atoms with E-state index in [4.69, 9.17) is 27.9 Å². The van der Waals surface area contributed by atoms with Crippen LogP contribution in [0.4, 0.5) is 5.69 Å². The molecule has 8 nitrogen and oxygen atoms in total. The van der Waals surface area contributed by atoms with Crippen molar-refractivity contribution in [3.8, 4) is 17.2 Å². The van der Waals surface area contributed by atoms with Crippen LogP contribution in [-0.4, -0.2) is 37.9 Å². The number of rotatable bonds is 9. The van der Waals surface area contributed by atoms with Gasteiger partial charge in [-0.05, 0) is 74.5 Å². The van der Waals surface area contributed by atoms with Crippen molar-refractivity contribution in [2.45, 2.75) is 13.8 Å². The number of aryl methyl sites for hydroxylation is 1. The predicted octanol–water partition coefficient (Wildman–Crippen LogP) is 6.11. The number of hydrogen-bond donors (Lipinski definition) is 1. The topological polar surface area (TPSA) is 93.0 Å². The van der Waals surface area contributed by atoms with Crippen LogP contribution in [0, 0.1) is 13.8 Å². The number of carbonyl (C=O) groups excluding carboxylic acids is 1. The second kappa shape index (κ2) is 11.9. The summed E-state index contributed by atoms with van der Waals surface area (Å²) >= 11 is 12.5. The Morgan fingerprint density at radius 1 is 1.00 bits per heavy atom. The van der Waals surface area contributed by atoms with E-state index in [9.17, 15) is 13.2 Å². The molecule has 0 saturated heterocycles. The molecular formula is C28H26Cl2N4O4S. The molecule has 0 saturated carbocycles. The number of carbonyl (C=O) groups is 1. The summed E-state index contributed by atoms with van der Waals surface area (Å²) in [5, 5.41) is 5.14. The molecule has 4 aromatic rings. The second-order valence-corrected chi connectivity index (χ2v) is 11.5. The van der Waals surface area contributed by atoms with Crippen molar-refractivity contribution < 1.29 is 17.9 Å². The highest BCUT2D eigenvalue weighted by molar-refractivity contribution is 7.92. The lowest BCUT2D eigenvalue weighted by atomic mass is 10.2. The van der Waals surface area contributed by atoms with Crippen LogP contribution in [0.25, 0.3) is 5.69 Å². The van der Waals surface area contributed by atoms with E-state index in [0.717, 1.165) is 33.2 Å². The highest BCUT2D eigenvalue weighted by Crippen LogP contribution is 2.29. The quantitative estimate of drug-likeness (QED) is 0.190. The number of sulfonamides is 1. The van der Waals surface area contributed by atoms with Crippen molar-refractivity contribution in [2.24, 2.45) is 5.10 Å². The number of para-hydroxylation sites is 1. The lowest BCUT2D eigenvalue weighted by molar-refractivity contribution is -0.119. The average Bonchev–Trinajstić information content (AvgIpc) is 3.17. The number of amides is 1. The molecule has 0 aliphatic heterocycles. The fourth-order valence-corrected chi connectivity index (χ4v) is 5.22. The van der Waals surface area contributed by atoms with Gasteiger partial charge in [-0.1, -0.05) is 41.4 Å². The van der Waals surface area contributed by atoms with Gasteiger partial charge in [-0.15, -0.1) is 0 Å². The number of hydrogen-bond acceptors (Lipinski definition) is 5. The number of aromatic nitrogens is 1. The molecule has 0 fully saturated rings. The Kier molecular flexibility index (Phi) is 8.64. The van der Waals surface area contributed by atoms with Crippen molar-refractivity contribution in [3.05, 3.63) is 106 Å². The van der Waals surface area contributed by atoms with Gasteiger partial charge >= 0.3 is 0 Å². The van der Waals surface area contributed by atoms with Gasteiger partial charge in [0.25, 0.3) is 5.91 Å². The maximum Gasteiger partial charge on any atom is 0.260 e. The Labute approximate surface area is 237 Å². The summed E-state index contributed by atoms with van der Waals surface area (Å²) in [6.45, 7) is 3.36. The first kappa shape index (κ1) is 28.2. The van der Waals surface area contributed by atoms with Gasteiger partial charge in [-0.3, -0.25) is 9.10 Å². The number of anilines is 1. The molecule has 0 spiro atoms. The van der Waals surface area contributed by atoms with Gasteiger partial charge in [-0.25, -0.2) is 13.8 Å². The van der Waals surface area contributed by atoms with Crippen molar-refractivity contribution >= 4 is 51.0 Å². The van der Waals surface area contributed by atoms with E-state index in [-0.39, 0.29) is 0 Å². The van der Waals surface area contributed by atoms with Crippen LogP contribution in [0.2, 0.25) is 10.0 Å². The Bertz CT molecular complexity index is 1620. The van der Waals surface area contributed by atoms with E-state index < -0.39 is 22.5 Å². The first-order valence-electron chi connectivity index (χ1n) is 11.8. The minimum atomic E-state index is -3.76. The van der Waals surface area contributed by atoms with Gasteiger partial charge in [0.15, 0.2) is 0 Å². The molecule has 3 aromatic carbocycles. The molecule has 0 bridgehead atoms. The van der Waals surface area contributed by atoms with Gasteiger partial charge < -0.3 is 9.30 Å². The molecule has 0 aliphatic carbocycles. The molecule has 1 heterocycles. The summed E-state index contributed by atoms with van der Waals surface area (Å²) in [6, 6.07) is 22.7. The maximum absolute atomic E-state index is 12.6. The maximum atomic E-state index is 12.6. The molecular weight excluding hydrogens is 559 g/mol. The van der Waals surface area contributed by atoms with Crippen molar-refractivity contribution in [1.82, 2.24) is 9.99 Å². The van der Waals surface area contributed by atoms with E-state index in [1.807, 2.05) is 54.8 Å². The fourth-order valence-electron chi connectivity index (χ4n) is 3.99. The van der Waals surface area contributed by atoms with Gasteiger partial charge in [0.2, 0.25) is 10.0 Å². The number of benzene rings is 3. The number of hydrazone groups is 1. The van der Waals surface area contributed by atoms with Crippen molar-refractivity contribution in [3.63, 3.8) is 0 Å². The van der Waals surface area contributed by atoms with Crippen molar-refractivity contribution in [2.75, 3.05) is 17.1 Å². The first-order chi connectivity index (χ1) is 18.5. The highest BCUT2D eigenvalue weighted by atomic mass is 35.5. The lowest BCUT2D eigenvalue weighted by Crippen LogP contribution is -2.39. The van der Waals surface area contributed by atoms with Crippen LogP contribution in [0.5, 0.6) is 11.5 Å². The summed E-state index contributed by atoms with van der Waals surface area (Å²) in [5.74, 6) is 0.580. The van der Waals surface area contributed by atoms with Crippen LogP contribution in [0.15, 0.2) is 84.0 Å². The predicted molar refractivity (Wildman–Crippen MR) is 156 cm³/mol. The third-order valence-corrected chi connectivity index (χ3v) is 7.50. The molecule has 1 aromatic heterocycles. The monoisotopic (exact) mass is 584 g/mol. The third kappa shape index (κ3) is 7.00. The zero-order valence-electron chi connectivity index (χ0n) is 21.4. The van der Waals surface area contributed by atoms with E-state index >= 15 is 0 Å². The summed E-state index contributed by atoms with van der Waals surface area (Å²) in [5.41, 5.74) is 5.94. The fraction of sp³-hybridized carbons (Fsp3) is 0.143. The smallest absolute Gasteiger partial charge is 0.260 e. The lowest BCUT2D eigenvalue weighted by Gasteiger charge is -2.21. The highest BCUT2D eigenvalue weighted by Gasteiger charge is 2.21. The molecule has 202 valence electrons. The normalized spacial score (nSPS) is 11.5. The van der Waals surface area contributed by atoms with E-state index in [2.05, 4.69) is 10.5 Å². The molecule has 39 heavy (non-hydrogen) atoms. The van der Waals surface area contributed by atoms with Gasteiger partial charge in [0.05, 0.1) is 28.9 Å². The SMILES string of the molecule is Cc1cc(/C=N/NC(=O)CN(c2ccc(Oc3ccccc3)cc2)S(C)(=O)=O)c(C)n1-c1cc(Cl)ccc1Cl. The first-order valence-corrected chi connectivity index (χ1v) is 14.4. The van der Waals surface area contributed by atoms with Crippen LogP contribution in [-0.2, 0) is 14.8 Å².